The van der Waals surface area contributed by atoms with Gasteiger partial charge in [-0.25, -0.2) is 0 Å². The summed E-state index contributed by atoms with van der Waals surface area (Å²) in [5, 5.41) is 0. The van der Waals surface area contributed by atoms with Gasteiger partial charge in [0.2, 0.25) is 0 Å². The molecule has 0 amide bonds. The average Bonchev–Trinajstić information content (AvgIpc) is 2.41. The topological polar surface area (TPSA) is 18.5 Å². The zero-order valence-corrected chi connectivity index (χ0v) is 13.4. The molecule has 0 aromatic carbocycles. The fraction of sp³-hybridized carbons (Fsp3) is 1.00. The number of rotatable bonds is 9. The predicted octanol–water partition coefficient (Wildman–Crippen LogP) is 5.20. The van der Waals surface area contributed by atoms with Gasteiger partial charge >= 0.3 is 30.4 Å². The molecule has 0 N–H and O–H groups in total. The molecular weight excluding hydrogens is 447 g/mol. The van der Waals surface area contributed by atoms with Crippen LogP contribution < -0.4 is 0 Å². The van der Waals surface area contributed by atoms with E-state index in [1.807, 2.05) is 0 Å². The van der Waals surface area contributed by atoms with E-state index in [9.17, 15) is 57.1 Å². The molecule has 0 aliphatic carbocycles. The smallest absolute Gasteiger partial charge is 0.378 e. The van der Waals surface area contributed by atoms with Crippen LogP contribution in [0.4, 0.5) is 57.1 Å². The third-order valence-electron chi connectivity index (χ3n) is 3.17. The van der Waals surface area contributed by atoms with Crippen molar-refractivity contribution < 1.29 is 66.5 Å². The molecule has 27 heavy (non-hydrogen) atoms. The standard InChI is InChI=1S/C11H10ClF13O2/c12-1-2-26-3-4-27-5-6(9(17,18)19,10(20,21)22)7(13,14)8(15,16)11(23,24)25/h1-5H2. The van der Waals surface area contributed by atoms with Crippen LogP contribution in [0, 0.1) is 5.41 Å². The monoisotopic (exact) mass is 456 g/mol. The van der Waals surface area contributed by atoms with Crippen LogP contribution in [0.5, 0.6) is 0 Å². The quantitative estimate of drug-likeness (QED) is 0.270. The second-order valence-electron chi connectivity index (χ2n) is 4.90. The van der Waals surface area contributed by atoms with E-state index in [1.54, 1.807) is 0 Å². The van der Waals surface area contributed by atoms with Crippen molar-refractivity contribution >= 4 is 11.6 Å². The molecule has 164 valence electrons. The Hall–Kier alpha value is -0.700. The highest BCUT2D eigenvalue weighted by atomic mass is 35.5. The summed E-state index contributed by atoms with van der Waals surface area (Å²) < 4.78 is 175. The summed E-state index contributed by atoms with van der Waals surface area (Å²) in [6.45, 7) is -5.59. The second-order valence-corrected chi connectivity index (χ2v) is 5.28. The Bertz CT molecular complexity index is 454. The molecule has 0 aliphatic heterocycles. The van der Waals surface area contributed by atoms with Crippen molar-refractivity contribution in [1.82, 2.24) is 0 Å². The molecule has 0 radical (unpaired) electrons. The van der Waals surface area contributed by atoms with Crippen molar-refractivity contribution in [2.45, 2.75) is 30.4 Å². The first kappa shape index (κ1) is 26.3. The van der Waals surface area contributed by atoms with Gasteiger partial charge in [0.1, 0.15) is 0 Å². The number of halogens is 14. The summed E-state index contributed by atoms with van der Waals surface area (Å²) >= 11 is 5.11. The highest BCUT2D eigenvalue weighted by Crippen LogP contribution is 2.65. The highest BCUT2D eigenvalue weighted by molar-refractivity contribution is 6.17. The molecule has 0 bridgehead atoms. The van der Waals surface area contributed by atoms with Gasteiger partial charge < -0.3 is 9.47 Å². The fourth-order valence-electron chi connectivity index (χ4n) is 1.72. The third kappa shape index (κ3) is 4.83. The molecular formula is C11H10ClF13O2. The minimum Gasteiger partial charge on any atom is -0.378 e. The van der Waals surface area contributed by atoms with Crippen LogP contribution in [-0.2, 0) is 9.47 Å². The van der Waals surface area contributed by atoms with Crippen molar-refractivity contribution in [1.29, 1.82) is 0 Å². The Kier molecular flexibility index (Phi) is 8.13. The van der Waals surface area contributed by atoms with Gasteiger partial charge in [-0.15, -0.1) is 11.6 Å². The lowest BCUT2D eigenvalue weighted by Crippen LogP contribution is -2.71. The van der Waals surface area contributed by atoms with Gasteiger partial charge in [-0.05, 0) is 0 Å². The summed E-state index contributed by atoms with van der Waals surface area (Å²) in [7, 11) is 0. The summed E-state index contributed by atoms with van der Waals surface area (Å²) in [6.07, 6.45) is -22.0. The number of hydrogen-bond acceptors (Lipinski definition) is 2. The zero-order chi connectivity index (χ0) is 21.9. The number of hydrogen-bond donors (Lipinski definition) is 0. The zero-order valence-electron chi connectivity index (χ0n) is 12.6. The van der Waals surface area contributed by atoms with Crippen LogP contribution in [0.2, 0.25) is 0 Å². The van der Waals surface area contributed by atoms with Crippen molar-refractivity contribution in [3.05, 3.63) is 0 Å². The minimum atomic E-state index is -7.69. The van der Waals surface area contributed by atoms with Crippen molar-refractivity contribution in [2.24, 2.45) is 5.41 Å². The van der Waals surface area contributed by atoms with E-state index in [4.69, 9.17) is 11.6 Å². The fourth-order valence-corrected chi connectivity index (χ4v) is 1.83. The second kappa shape index (κ2) is 8.35. The van der Waals surface area contributed by atoms with Gasteiger partial charge in [0.05, 0.1) is 26.4 Å². The van der Waals surface area contributed by atoms with Crippen LogP contribution in [0.1, 0.15) is 0 Å². The molecule has 0 aliphatic rings. The summed E-state index contributed by atoms with van der Waals surface area (Å²) in [5.74, 6) is -15.5. The van der Waals surface area contributed by atoms with Gasteiger partial charge in [0.15, 0.2) is 0 Å². The number of alkyl halides is 14. The SMILES string of the molecule is FC(F)(F)C(F)(F)C(F)(F)C(COCCOCCCl)(C(F)(F)F)C(F)(F)F. The van der Waals surface area contributed by atoms with E-state index in [-0.39, 0.29) is 12.5 Å². The van der Waals surface area contributed by atoms with Gasteiger partial charge in [-0.1, -0.05) is 0 Å². The maximum absolute atomic E-state index is 13.6. The van der Waals surface area contributed by atoms with E-state index in [0.29, 0.717) is 0 Å². The molecule has 0 unspecified atom stereocenters. The first-order chi connectivity index (χ1) is 11.8. The molecule has 0 heterocycles. The van der Waals surface area contributed by atoms with Gasteiger partial charge in [0.25, 0.3) is 5.41 Å². The van der Waals surface area contributed by atoms with E-state index in [0.717, 1.165) is 0 Å². The Morgan fingerprint density at radius 3 is 1.26 bits per heavy atom. The lowest BCUT2D eigenvalue weighted by Gasteiger charge is -2.44. The molecule has 0 aromatic heterocycles. The molecule has 0 saturated carbocycles. The summed E-state index contributed by atoms with van der Waals surface area (Å²) in [4.78, 5) is 0. The molecule has 16 heteroatoms. The highest BCUT2D eigenvalue weighted by Gasteiger charge is 2.92. The maximum Gasteiger partial charge on any atom is 0.459 e. The predicted molar refractivity (Wildman–Crippen MR) is 62.9 cm³/mol. The first-order valence-electron chi connectivity index (χ1n) is 6.48. The van der Waals surface area contributed by atoms with Crippen LogP contribution in [-0.4, -0.2) is 62.7 Å². The Morgan fingerprint density at radius 2 is 0.926 bits per heavy atom. The summed E-state index contributed by atoms with van der Waals surface area (Å²) in [6, 6.07) is 0. The molecule has 0 saturated heterocycles. The van der Waals surface area contributed by atoms with Crippen LogP contribution in [0.3, 0.4) is 0 Å². The lowest BCUT2D eigenvalue weighted by atomic mass is 9.76. The first-order valence-corrected chi connectivity index (χ1v) is 7.02. The van der Waals surface area contributed by atoms with E-state index >= 15 is 0 Å². The van der Waals surface area contributed by atoms with E-state index in [2.05, 4.69) is 9.47 Å². The van der Waals surface area contributed by atoms with Crippen molar-refractivity contribution in [3.63, 3.8) is 0 Å². The van der Waals surface area contributed by atoms with Gasteiger partial charge in [-0.3, -0.25) is 0 Å². The average molecular weight is 457 g/mol. The molecule has 0 rings (SSSR count). The van der Waals surface area contributed by atoms with Crippen LogP contribution in [0.25, 0.3) is 0 Å². The van der Waals surface area contributed by atoms with Crippen LogP contribution in [0.15, 0.2) is 0 Å². The largest absolute Gasteiger partial charge is 0.459 e. The van der Waals surface area contributed by atoms with Gasteiger partial charge in [0, 0.05) is 5.88 Å². The van der Waals surface area contributed by atoms with E-state index < -0.39 is 55.6 Å². The lowest BCUT2D eigenvalue weighted by molar-refractivity contribution is -0.465. The number of ether oxygens (including phenoxy) is 2. The normalized spacial score (nSPS) is 15.3. The molecule has 2 nitrogen and oxygen atoms in total. The molecule has 0 aromatic rings. The Balaban J connectivity index is 6.13. The molecule has 0 fully saturated rings. The Morgan fingerprint density at radius 1 is 0.519 bits per heavy atom. The minimum absolute atomic E-state index is 0.176. The Labute approximate surface area is 147 Å². The van der Waals surface area contributed by atoms with Crippen LogP contribution >= 0.6 is 11.6 Å². The van der Waals surface area contributed by atoms with E-state index in [1.165, 1.54) is 0 Å². The maximum atomic E-state index is 13.6. The molecule has 0 atom stereocenters. The van der Waals surface area contributed by atoms with Gasteiger partial charge in [-0.2, -0.15) is 57.1 Å². The van der Waals surface area contributed by atoms with Crippen molar-refractivity contribution in [3.8, 4) is 0 Å². The van der Waals surface area contributed by atoms with Crippen molar-refractivity contribution in [2.75, 3.05) is 32.3 Å². The third-order valence-corrected chi connectivity index (χ3v) is 3.32. The molecule has 0 spiro atoms. The summed E-state index contributed by atoms with van der Waals surface area (Å²) in [5.41, 5.74) is -6.85.